The summed E-state index contributed by atoms with van der Waals surface area (Å²) in [7, 11) is 2.11. The van der Waals surface area contributed by atoms with Crippen molar-refractivity contribution in [1.29, 1.82) is 0 Å². The molecule has 23 heavy (non-hydrogen) atoms. The molecule has 0 aromatic heterocycles. The van der Waals surface area contributed by atoms with Gasteiger partial charge in [0.25, 0.3) is 0 Å². The number of likely N-dealkylation sites (N-methyl/N-ethyl adjacent to an activating group) is 1. The largest absolute Gasteiger partial charge is 0.358 e. The Balaban J connectivity index is 1.66. The topological polar surface area (TPSA) is 58.4 Å². The van der Waals surface area contributed by atoms with Gasteiger partial charge in [0.05, 0.1) is 17.6 Å². The van der Waals surface area contributed by atoms with Crippen LogP contribution >= 0.6 is 11.8 Å². The first-order chi connectivity index (χ1) is 11.2. The molecular formula is C18H19N3OS. The van der Waals surface area contributed by atoms with Gasteiger partial charge in [-0.2, -0.15) is 0 Å². The minimum atomic E-state index is -0.185. The number of nitrogens with zero attached hydrogens (tertiary/aromatic N) is 1. The summed E-state index contributed by atoms with van der Waals surface area (Å²) in [5.74, 6) is -0.185. The molecule has 2 aromatic rings. The van der Waals surface area contributed by atoms with Crippen molar-refractivity contribution in [2.24, 2.45) is 5.73 Å². The van der Waals surface area contributed by atoms with Crippen LogP contribution in [0.15, 0.2) is 59.5 Å². The van der Waals surface area contributed by atoms with Gasteiger partial charge in [0.1, 0.15) is 0 Å². The summed E-state index contributed by atoms with van der Waals surface area (Å²) < 4.78 is 0. The Labute approximate surface area is 140 Å². The summed E-state index contributed by atoms with van der Waals surface area (Å²) in [6, 6.07) is 16.2. The highest BCUT2D eigenvalue weighted by Gasteiger charge is 2.24. The Hall–Kier alpha value is -2.24. The first kappa shape index (κ1) is 15.6. The number of anilines is 2. The van der Waals surface area contributed by atoms with Crippen molar-refractivity contribution in [3.8, 4) is 0 Å². The molecule has 1 amide bonds. The van der Waals surface area contributed by atoms with E-state index < -0.39 is 0 Å². The third-order valence-corrected chi connectivity index (χ3v) is 5.02. The molecule has 5 heteroatoms. The highest BCUT2D eigenvalue weighted by Crippen LogP contribution is 2.42. The molecule has 1 aliphatic heterocycles. The highest BCUT2D eigenvalue weighted by atomic mass is 32.2. The quantitative estimate of drug-likeness (QED) is 0.906. The third kappa shape index (κ3) is 3.57. The first-order valence-electron chi connectivity index (χ1n) is 7.44. The highest BCUT2D eigenvalue weighted by molar-refractivity contribution is 8.00. The molecule has 1 aliphatic rings. The van der Waals surface area contributed by atoms with Gasteiger partial charge in [0, 0.05) is 17.6 Å². The number of carbonyl (C=O) groups is 1. The maximum atomic E-state index is 11.3. The molecule has 0 saturated carbocycles. The molecule has 4 nitrogen and oxygen atoms in total. The Morgan fingerprint density at radius 3 is 2.70 bits per heavy atom. The molecule has 0 bridgehead atoms. The zero-order valence-corrected chi connectivity index (χ0v) is 13.7. The number of amides is 1. The Kier molecular flexibility index (Phi) is 4.69. The van der Waals surface area contributed by atoms with Crippen LogP contribution in [-0.4, -0.2) is 24.9 Å². The van der Waals surface area contributed by atoms with Crippen molar-refractivity contribution in [3.05, 3.63) is 60.2 Å². The molecule has 0 radical (unpaired) electrons. The van der Waals surface area contributed by atoms with Crippen LogP contribution in [0.25, 0.3) is 6.08 Å². The van der Waals surface area contributed by atoms with Crippen molar-refractivity contribution in [2.45, 2.75) is 10.3 Å². The van der Waals surface area contributed by atoms with Gasteiger partial charge in [-0.25, -0.2) is 0 Å². The van der Waals surface area contributed by atoms with Crippen LogP contribution in [0.5, 0.6) is 0 Å². The summed E-state index contributed by atoms with van der Waals surface area (Å²) in [4.78, 5) is 14.8. The molecule has 1 atom stereocenters. The van der Waals surface area contributed by atoms with E-state index in [0.717, 1.165) is 11.3 Å². The minimum Gasteiger partial charge on any atom is -0.358 e. The Bertz CT molecular complexity index is 727. The van der Waals surface area contributed by atoms with Crippen LogP contribution in [0.4, 0.5) is 11.4 Å². The zero-order valence-electron chi connectivity index (χ0n) is 12.9. The molecule has 0 spiro atoms. The monoisotopic (exact) mass is 325 g/mol. The molecule has 2 aromatic carbocycles. The smallest absolute Gasteiger partial charge is 0.238 e. The number of rotatable bonds is 4. The average Bonchev–Trinajstić information content (AvgIpc) is 2.90. The van der Waals surface area contributed by atoms with E-state index in [1.54, 1.807) is 0 Å². The second kappa shape index (κ2) is 6.89. The van der Waals surface area contributed by atoms with E-state index in [-0.39, 0.29) is 12.5 Å². The number of nitrogens with two attached hydrogens (primary N) is 1. The van der Waals surface area contributed by atoms with Crippen LogP contribution in [0.3, 0.4) is 0 Å². The fraction of sp³-hybridized carbons (Fsp3) is 0.167. The molecule has 1 unspecified atom stereocenters. The van der Waals surface area contributed by atoms with Crippen LogP contribution in [0.1, 0.15) is 5.56 Å². The summed E-state index contributed by atoms with van der Waals surface area (Å²) in [5, 5.41) is 3.03. The van der Waals surface area contributed by atoms with Crippen molar-refractivity contribution >= 4 is 35.1 Å². The lowest BCUT2D eigenvalue weighted by molar-refractivity contribution is -0.114. The average molecular weight is 325 g/mol. The number of nitrogens with one attached hydrogen (secondary N) is 1. The van der Waals surface area contributed by atoms with Crippen molar-refractivity contribution < 1.29 is 4.79 Å². The minimum absolute atomic E-state index is 0.00650. The van der Waals surface area contributed by atoms with Gasteiger partial charge < -0.3 is 16.0 Å². The van der Waals surface area contributed by atoms with Crippen LogP contribution in [-0.2, 0) is 4.79 Å². The van der Waals surface area contributed by atoms with E-state index in [0.29, 0.717) is 5.37 Å². The van der Waals surface area contributed by atoms with Gasteiger partial charge in [-0.1, -0.05) is 48.2 Å². The second-order valence-corrected chi connectivity index (χ2v) is 6.48. The molecule has 3 rings (SSSR count). The summed E-state index contributed by atoms with van der Waals surface area (Å²) in [6.07, 6.45) is 4.30. The lowest BCUT2D eigenvalue weighted by Crippen LogP contribution is -2.22. The molecule has 0 saturated heterocycles. The predicted octanol–water partition coefficient (Wildman–Crippen LogP) is 3.17. The zero-order chi connectivity index (χ0) is 16.2. The number of carbonyl (C=O) groups excluding carboxylic acids is 1. The SMILES string of the molecule is CN1c2ccccc2SC1C=Cc1ccc(NC(=O)CN)cc1. The number of fused-ring (bicyclic) bond motifs is 1. The second-order valence-electron chi connectivity index (χ2n) is 5.32. The van der Waals surface area contributed by atoms with E-state index in [2.05, 4.69) is 53.7 Å². The molecule has 118 valence electrons. The lowest BCUT2D eigenvalue weighted by Gasteiger charge is -2.18. The van der Waals surface area contributed by atoms with Crippen molar-refractivity contribution in [2.75, 3.05) is 23.8 Å². The van der Waals surface area contributed by atoms with E-state index in [1.165, 1.54) is 10.6 Å². The van der Waals surface area contributed by atoms with Gasteiger partial charge in [-0.15, -0.1) is 0 Å². The van der Waals surface area contributed by atoms with Gasteiger partial charge in [-0.05, 0) is 29.8 Å². The first-order valence-corrected chi connectivity index (χ1v) is 8.32. The number of hydrogen-bond acceptors (Lipinski definition) is 4. The maximum absolute atomic E-state index is 11.3. The van der Waals surface area contributed by atoms with Crippen LogP contribution in [0, 0.1) is 0 Å². The van der Waals surface area contributed by atoms with Gasteiger partial charge in [0.15, 0.2) is 0 Å². The molecule has 1 heterocycles. The van der Waals surface area contributed by atoms with E-state index in [4.69, 9.17) is 5.73 Å². The van der Waals surface area contributed by atoms with Gasteiger partial charge in [0.2, 0.25) is 5.91 Å². The Morgan fingerprint density at radius 2 is 2.00 bits per heavy atom. The number of benzene rings is 2. The predicted molar refractivity (Wildman–Crippen MR) is 97.7 cm³/mol. The molecular weight excluding hydrogens is 306 g/mol. The fourth-order valence-electron chi connectivity index (χ4n) is 2.45. The van der Waals surface area contributed by atoms with E-state index >= 15 is 0 Å². The van der Waals surface area contributed by atoms with Crippen molar-refractivity contribution in [3.63, 3.8) is 0 Å². The lowest BCUT2D eigenvalue weighted by atomic mass is 10.2. The van der Waals surface area contributed by atoms with E-state index in [9.17, 15) is 4.79 Å². The van der Waals surface area contributed by atoms with E-state index in [1.807, 2.05) is 36.0 Å². The van der Waals surface area contributed by atoms with Gasteiger partial charge in [-0.3, -0.25) is 4.79 Å². The summed E-state index contributed by atoms with van der Waals surface area (Å²) in [5.41, 5.74) is 8.42. The fourth-order valence-corrected chi connectivity index (χ4v) is 3.62. The maximum Gasteiger partial charge on any atom is 0.238 e. The standard InChI is InChI=1S/C18H19N3OS/c1-21-15-4-2-3-5-16(15)23-18(21)11-8-13-6-9-14(10-7-13)20-17(22)12-19/h2-11,18H,12,19H2,1H3,(H,20,22). The van der Waals surface area contributed by atoms with Crippen LogP contribution in [0.2, 0.25) is 0 Å². The molecule has 0 fully saturated rings. The third-order valence-electron chi connectivity index (χ3n) is 3.71. The van der Waals surface area contributed by atoms with Crippen molar-refractivity contribution in [1.82, 2.24) is 0 Å². The Morgan fingerprint density at radius 1 is 1.26 bits per heavy atom. The number of para-hydroxylation sites is 1. The van der Waals surface area contributed by atoms with Crippen LogP contribution < -0.4 is 16.0 Å². The molecule has 0 aliphatic carbocycles. The van der Waals surface area contributed by atoms with Gasteiger partial charge >= 0.3 is 0 Å². The number of hydrogen-bond donors (Lipinski definition) is 2. The number of thioether (sulfide) groups is 1. The summed E-state index contributed by atoms with van der Waals surface area (Å²) in [6.45, 7) is -0.00650. The normalized spacial score (nSPS) is 16.6. The summed E-state index contributed by atoms with van der Waals surface area (Å²) >= 11 is 1.85. The molecule has 3 N–H and O–H groups in total.